The van der Waals surface area contributed by atoms with E-state index in [0.29, 0.717) is 0 Å². The van der Waals surface area contributed by atoms with E-state index in [2.05, 4.69) is 51.1 Å². The Morgan fingerprint density at radius 1 is 1.27 bits per heavy atom. The van der Waals surface area contributed by atoms with Gasteiger partial charge in [0, 0.05) is 38.4 Å². The van der Waals surface area contributed by atoms with Gasteiger partial charge in [-0.1, -0.05) is 19.1 Å². The maximum absolute atomic E-state index is 5.55. The van der Waals surface area contributed by atoms with Gasteiger partial charge in [-0.05, 0) is 30.0 Å². The summed E-state index contributed by atoms with van der Waals surface area (Å²) in [6.45, 7) is 4.64. The zero-order chi connectivity index (χ0) is 17.5. The Morgan fingerprint density at radius 2 is 2.08 bits per heavy atom. The lowest BCUT2D eigenvalue weighted by Gasteiger charge is -2.11. The van der Waals surface area contributed by atoms with E-state index in [4.69, 9.17) is 4.74 Å². The third kappa shape index (κ3) is 5.84. The first-order valence-electron chi connectivity index (χ1n) is 8.91. The lowest BCUT2D eigenvalue weighted by molar-refractivity contribution is 0.357. The summed E-state index contributed by atoms with van der Waals surface area (Å²) in [6, 6.07) is 6.49. The van der Waals surface area contributed by atoms with Crippen LogP contribution < -0.4 is 15.4 Å². The molecule has 142 valence electrons. The topological polar surface area (TPSA) is 58.5 Å². The first kappa shape index (κ1) is 21.0. The molecule has 1 aliphatic rings. The second kappa shape index (κ2) is 10.7. The van der Waals surface area contributed by atoms with Crippen LogP contribution in [0.15, 0.2) is 28.6 Å². The Hall–Kier alpha value is -1.35. The minimum absolute atomic E-state index is 0. The fourth-order valence-corrected chi connectivity index (χ4v) is 3.66. The smallest absolute Gasteiger partial charge is 0.190 e. The zero-order valence-corrected chi connectivity index (χ0v) is 18.5. The minimum Gasteiger partial charge on any atom is -0.493 e. The molecule has 0 amide bonds. The molecule has 0 radical (unpaired) electrons. The number of nitrogens with one attached hydrogen (secondary N) is 2. The van der Waals surface area contributed by atoms with E-state index in [9.17, 15) is 0 Å². The van der Waals surface area contributed by atoms with Gasteiger partial charge >= 0.3 is 0 Å². The van der Waals surface area contributed by atoms with Crippen LogP contribution in [0, 0.1) is 0 Å². The van der Waals surface area contributed by atoms with Gasteiger partial charge in [-0.25, -0.2) is 4.98 Å². The fraction of sp³-hybridized carbons (Fsp3) is 0.474. The van der Waals surface area contributed by atoms with Gasteiger partial charge in [0.2, 0.25) is 0 Å². The van der Waals surface area contributed by atoms with Crippen molar-refractivity contribution in [3.63, 3.8) is 0 Å². The maximum Gasteiger partial charge on any atom is 0.190 e. The van der Waals surface area contributed by atoms with Crippen molar-refractivity contribution in [2.75, 3.05) is 26.7 Å². The molecule has 2 N–H and O–H groups in total. The SMILES string of the molecule is CCc1nc(CCNC(=NC)NCCc2ccc3c(c2)CCO3)cs1.I. The van der Waals surface area contributed by atoms with Crippen molar-refractivity contribution in [2.24, 2.45) is 4.99 Å². The average molecular weight is 486 g/mol. The highest BCUT2D eigenvalue weighted by Gasteiger charge is 2.11. The first-order valence-corrected chi connectivity index (χ1v) is 9.79. The second-order valence-electron chi connectivity index (χ2n) is 6.05. The molecule has 0 bridgehead atoms. The van der Waals surface area contributed by atoms with Crippen LogP contribution in [0.5, 0.6) is 5.75 Å². The summed E-state index contributed by atoms with van der Waals surface area (Å²) in [4.78, 5) is 8.88. The van der Waals surface area contributed by atoms with Crippen molar-refractivity contribution in [3.8, 4) is 5.75 Å². The third-order valence-electron chi connectivity index (χ3n) is 4.26. The van der Waals surface area contributed by atoms with Crippen LogP contribution in [0.25, 0.3) is 0 Å². The second-order valence-corrected chi connectivity index (χ2v) is 7.00. The van der Waals surface area contributed by atoms with Crippen LogP contribution in [0.3, 0.4) is 0 Å². The number of benzene rings is 1. The molecule has 5 nitrogen and oxygen atoms in total. The van der Waals surface area contributed by atoms with Gasteiger partial charge < -0.3 is 15.4 Å². The number of hydrogen-bond donors (Lipinski definition) is 2. The van der Waals surface area contributed by atoms with Gasteiger partial charge in [0.15, 0.2) is 5.96 Å². The van der Waals surface area contributed by atoms with Crippen LogP contribution in [0.1, 0.15) is 28.8 Å². The van der Waals surface area contributed by atoms with Crippen LogP contribution >= 0.6 is 35.3 Å². The van der Waals surface area contributed by atoms with Crippen LogP contribution in [-0.4, -0.2) is 37.7 Å². The van der Waals surface area contributed by atoms with Gasteiger partial charge in [-0.3, -0.25) is 4.99 Å². The van der Waals surface area contributed by atoms with Gasteiger partial charge in [0.05, 0.1) is 17.3 Å². The lowest BCUT2D eigenvalue weighted by atomic mass is 10.1. The summed E-state index contributed by atoms with van der Waals surface area (Å²) >= 11 is 1.74. The third-order valence-corrected chi connectivity index (χ3v) is 5.30. The minimum atomic E-state index is 0. The predicted octanol–water partition coefficient (Wildman–Crippen LogP) is 3.21. The largest absolute Gasteiger partial charge is 0.493 e. The number of nitrogens with zero attached hydrogens (tertiary/aromatic N) is 2. The number of aryl methyl sites for hydroxylation is 1. The van der Waals surface area contributed by atoms with Crippen molar-refractivity contribution in [3.05, 3.63) is 45.4 Å². The van der Waals surface area contributed by atoms with Gasteiger partial charge in [-0.2, -0.15) is 0 Å². The molecule has 0 atom stereocenters. The van der Waals surface area contributed by atoms with E-state index in [0.717, 1.165) is 62.8 Å². The molecule has 0 saturated carbocycles. The first-order chi connectivity index (χ1) is 12.3. The summed E-state index contributed by atoms with van der Waals surface area (Å²) in [5, 5.41) is 10.1. The van der Waals surface area contributed by atoms with Crippen molar-refractivity contribution >= 4 is 41.3 Å². The Morgan fingerprint density at radius 3 is 2.81 bits per heavy atom. The highest BCUT2D eigenvalue weighted by Crippen LogP contribution is 2.25. The Balaban J connectivity index is 0.00000243. The summed E-state index contributed by atoms with van der Waals surface area (Å²) < 4.78 is 5.55. The molecule has 1 aliphatic heterocycles. The van der Waals surface area contributed by atoms with E-state index < -0.39 is 0 Å². The van der Waals surface area contributed by atoms with Gasteiger partial charge in [-0.15, -0.1) is 35.3 Å². The van der Waals surface area contributed by atoms with Crippen molar-refractivity contribution < 1.29 is 4.74 Å². The molecule has 7 heteroatoms. The van der Waals surface area contributed by atoms with E-state index in [1.165, 1.54) is 16.1 Å². The number of thiazole rings is 1. The molecule has 1 aromatic heterocycles. The summed E-state index contributed by atoms with van der Waals surface area (Å²) in [6.07, 6.45) is 3.92. The normalized spacial score (nSPS) is 12.9. The number of rotatable bonds is 7. The molecule has 0 fully saturated rings. The number of fused-ring (bicyclic) bond motifs is 1. The van der Waals surface area contributed by atoms with Crippen molar-refractivity contribution in [1.29, 1.82) is 0 Å². The molecule has 2 aromatic rings. The summed E-state index contributed by atoms with van der Waals surface area (Å²) in [7, 11) is 1.81. The molecular formula is C19H27IN4OS. The quantitative estimate of drug-likeness (QED) is 0.359. The predicted molar refractivity (Wildman–Crippen MR) is 119 cm³/mol. The summed E-state index contributed by atoms with van der Waals surface area (Å²) in [5.41, 5.74) is 3.82. The van der Waals surface area contributed by atoms with Crippen LogP contribution in [0.4, 0.5) is 0 Å². The molecule has 0 spiro atoms. The van der Waals surface area contributed by atoms with Gasteiger partial charge in [0.25, 0.3) is 0 Å². The van der Waals surface area contributed by atoms with E-state index >= 15 is 0 Å². The molecule has 0 unspecified atom stereocenters. The van der Waals surface area contributed by atoms with E-state index in [1.807, 2.05) is 0 Å². The van der Waals surface area contributed by atoms with Crippen LogP contribution in [-0.2, 0) is 25.7 Å². The molecule has 0 saturated heterocycles. The van der Waals surface area contributed by atoms with Gasteiger partial charge in [0.1, 0.15) is 5.75 Å². The number of ether oxygens (including phenoxy) is 1. The Kier molecular flexibility index (Phi) is 8.64. The number of halogens is 1. The molecule has 0 aliphatic carbocycles. The van der Waals surface area contributed by atoms with E-state index in [-0.39, 0.29) is 24.0 Å². The standard InChI is InChI=1S/C19H26N4OS.HI/c1-3-18-23-16(13-25-18)7-10-22-19(20-2)21-9-6-14-4-5-17-15(12-14)8-11-24-17;/h4-5,12-13H,3,6-11H2,1-2H3,(H2,20,21,22);1H. The maximum atomic E-state index is 5.55. The van der Waals surface area contributed by atoms with Crippen LogP contribution in [0.2, 0.25) is 0 Å². The molecule has 1 aromatic carbocycles. The van der Waals surface area contributed by atoms with E-state index in [1.54, 1.807) is 18.4 Å². The number of aromatic nitrogens is 1. The monoisotopic (exact) mass is 486 g/mol. The molecular weight excluding hydrogens is 459 g/mol. The zero-order valence-electron chi connectivity index (χ0n) is 15.4. The fourth-order valence-electron chi connectivity index (χ4n) is 2.88. The van der Waals surface area contributed by atoms with Crippen molar-refractivity contribution in [1.82, 2.24) is 15.6 Å². The number of hydrogen-bond acceptors (Lipinski definition) is 4. The number of guanidine groups is 1. The highest BCUT2D eigenvalue weighted by molar-refractivity contribution is 14.0. The lowest BCUT2D eigenvalue weighted by Crippen LogP contribution is -2.39. The highest BCUT2D eigenvalue weighted by atomic mass is 127. The molecule has 3 rings (SSSR count). The molecule has 2 heterocycles. The van der Waals surface area contributed by atoms with Crippen molar-refractivity contribution in [2.45, 2.75) is 32.6 Å². The number of aliphatic imine (C=N–C) groups is 1. The Bertz CT molecular complexity index is 732. The Labute approximate surface area is 176 Å². The average Bonchev–Trinajstić information content (AvgIpc) is 3.28. The molecule has 26 heavy (non-hydrogen) atoms. The summed E-state index contributed by atoms with van der Waals surface area (Å²) in [5.74, 6) is 1.89.